The number of rotatable bonds is 5. The number of benzene rings is 2. The highest BCUT2D eigenvalue weighted by Gasteiger charge is 2.13. The smallest absolute Gasteiger partial charge is 0.251 e. The summed E-state index contributed by atoms with van der Waals surface area (Å²) in [5.41, 5.74) is 3.29. The van der Waals surface area contributed by atoms with Crippen molar-refractivity contribution in [2.75, 3.05) is 13.1 Å². The number of piperidine rings is 1. The SMILES string of the molecule is Cc1ccc(C(=O)NCc2ccc(C[NH+]3CCCCC3)cc2)cc1F. The van der Waals surface area contributed by atoms with Crippen LogP contribution in [0, 0.1) is 12.7 Å². The second-order valence-electron chi connectivity index (χ2n) is 6.95. The van der Waals surface area contributed by atoms with Gasteiger partial charge in [0.2, 0.25) is 0 Å². The summed E-state index contributed by atoms with van der Waals surface area (Å²) in [5.74, 6) is -0.599. The second-order valence-corrected chi connectivity index (χ2v) is 6.95. The van der Waals surface area contributed by atoms with Gasteiger partial charge in [0.25, 0.3) is 5.91 Å². The van der Waals surface area contributed by atoms with E-state index >= 15 is 0 Å². The summed E-state index contributed by atoms with van der Waals surface area (Å²) in [6.07, 6.45) is 4.03. The van der Waals surface area contributed by atoms with Crippen molar-refractivity contribution in [1.29, 1.82) is 0 Å². The van der Waals surface area contributed by atoms with Crippen molar-refractivity contribution >= 4 is 5.91 Å². The molecule has 1 amide bonds. The number of halogens is 1. The van der Waals surface area contributed by atoms with E-state index in [1.165, 1.54) is 44.0 Å². The molecule has 2 N–H and O–H groups in total. The van der Waals surface area contributed by atoms with Gasteiger partial charge in [-0.15, -0.1) is 0 Å². The van der Waals surface area contributed by atoms with Crippen molar-refractivity contribution in [3.8, 4) is 0 Å². The third-order valence-electron chi connectivity index (χ3n) is 4.92. The summed E-state index contributed by atoms with van der Waals surface area (Å²) in [6.45, 7) is 5.75. The van der Waals surface area contributed by atoms with E-state index in [2.05, 4.69) is 29.6 Å². The van der Waals surface area contributed by atoms with Crippen LogP contribution in [0.2, 0.25) is 0 Å². The van der Waals surface area contributed by atoms with Crippen molar-refractivity contribution in [2.45, 2.75) is 39.3 Å². The molecule has 0 radical (unpaired) electrons. The normalized spacial score (nSPS) is 15.1. The summed E-state index contributed by atoms with van der Waals surface area (Å²) < 4.78 is 13.6. The minimum Gasteiger partial charge on any atom is -0.348 e. The topological polar surface area (TPSA) is 33.5 Å². The fourth-order valence-electron chi connectivity index (χ4n) is 3.31. The highest BCUT2D eigenvalue weighted by atomic mass is 19.1. The molecule has 3 nitrogen and oxygen atoms in total. The summed E-state index contributed by atoms with van der Waals surface area (Å²) in [7, 11) is 0. The largest absolute Gasteiger partial charge is 0.348 e. The Morgan fingerprint density at radius 3 is 2.40 bits per heavy atom. The van der Waals surface area contributed by atoms with Crippen LogP contribution in [-0.4, -0.2) is 19.0 Å². The van der Waals surface area contributed by atoms with Crippen LogP contribution in [0.25, 0.3) is 0 Å². The van der Waals surface area contributed by atoms with Crippen molar-refractivity contribution in [3.05, 3.63) is 70.5 Å². The van der Waals surface area contributed by atoms with E-state index in [1.807, 2.05) is 0 Å². The molecule has 0 unspecified atom stereocenters. The molecule has 132 valence electrons. The Balaban J connectivity index is 1.52. The Morgan fingerprint density at radius 1 is 1.04 bits per heavy atom. The second kappa shape index (κ2) is 8.26. The van der Waals surface area contributed by atoms with Gasteiger partial charge in [-0.2, -0.15) is 0 Å². The molecule has 2 aromatic carbocycles. The van der Waals surface area contributed by atoms with Crippen LogP contribution in [0.5, 0.6) is 0 Å². The zero-order valence-electron chi connectivity index (χ0n) is 14.8. The van der Waals surface area contributed by atoms with Gasteiger partial charge in [0.05, 0.1) is 13.1 Å². The van der Waals surface area contributed by atoms with E-state index in [9.17, 15) is 9.18 Å². The summed E-state index contributed by atoms with van der Waals surface area (Å²) in [6, 6.07) is 13.0. The minimum absolute atomic E-state index is 0.249. The van der Waals surface area contributed by atoms with Gasteiger partial charge in [-0.3, -0.25) is 4.79 Å². The Labute approximate surface area is 148 Å². The predicted octanol–water partition coefficient (Wildman–Crippen LogP) is 2.63. The Morgan fingerprint density at radius 2 is 1.72 bits per heavy atom. The van der Waals surface area contributed by atoms with Crippen LogP contribution in [-0.2, 0) is 13.1 Å². The third kappa shape index (κ3) is 4.89. The number of nitrogens with one attached hydrogen (secondary N) is 2. The lowest BCUT2D eigenvalue weighted by atomic mass is 10.1. The lowest BCUT2D eigenvalue weighted by molar-refractivity contribution is -0.918. The number of hydrogen-bond acceptors (Lipinski definition) is 1. The van der Waals surface area contributed by atoms with Crippen molar-refractivity contribution in [1.82, 2.24) is 5.32 Å². The first-order valence-corrected chi connectivity index (χ1v) is 9.07. The quantitative estimate of drug-likeness (QED) is 0.861. The van der Waals surface area contributed by atoms with Gasteiger partial charge >= 0.3 is 0 Å². The molecule has 2 aromatic rings. The Kier molecular flexibility index (Phi) is 5.82. The number of aryl methyl sites for hydroxylation is 1. The minimum atomic E-state index is -0.350. The van der Waals surface area contributed by atoms with Gasteiger partial charge in [0.1, 0.15) is 12.4 Å². The molecule has 0 aromatic heterocycles. The lowest BCUT2D eigenvalue weighted by Crippen LogP contribution is -3.11. The average molecular weight is 341 g/mol. The fourth-order valence-corrected chi connectivity index (χ4v) is 3.31. The molecule has 1 aliphatic rings. The first kappa shape index (κ1) is 17.6. The number of likely N-dealkylation sites (tertiary alicyclic amines) is 1. The van der Waals surface area contributed by atoms with Crippen molar-refractivity contribution in [2.24, 2.45) is 0 Å². The molecule has 0 saturated carbocycles. The van der Waals surface area contributed by atoms with Crippen LogP contribution in [0.15, 0.2) is 42.5 Å². The van der Waals surface area contributed by atoms with Gasteiger partial charge < -0.3 is 10.2 Å². The zero-order valence-corrected chi connectivity index (χ0v) is 14.8. The monoisotopic (exact) mass is 341 g/mol. The van der Waals surface area contributed by atoms with Gasteiger partial charge in [0, 0.05) is 17.7 Å². The Bertz CT molecular complexity index is 721. The standard InChI is InChI=1S/C21H25FN2O/c1-16-5-10-19(13-20(16)22)21(25)23-14-17-6-8-18(9-7-17)15-24-11-3-2-4-12-24/h5-10,13H,2-4,11-12,14-15H2,1H3,(H,23,25)/p+1. The molecule has 1 heterocycles. The van der Waals surface area contributed by atoms with Crippen LogP contribution in [0.1, 0.15) is 46.3 Å². The average Bonchev–Trinajstić information content (AvgIpc) is 2.64. The molecule has 25 heavy (non-hydrogen) atoms. The highest BCUT2D eigenvalue weighted by Crippen LogP contribution is 2.10. The number of carbonyl (C=O) groups is 1. The van der Waals surface area contributed by atoms with E-state index in [-0.39, 0.29) is 11.7 Å². The third-order valence-corrected chi connectivity index (χ3v) is 4.92. The molecule has 0 bridgehead atoms. The first-order valence-electron chi connectivity index (χ1n) is 9.07. The van der Waals surface area contributed by atoms with E-state index in [1.54, 1.807) is 24.0 Å². The zero-order chi connectivity index (χ0) is 17.6. The van der Waals surface area contributed by atoms with Crippen molar-refractivity contribution in [3.63, 3.8) is 0 Å². The molecule has 1 saturated heterocycles. The van der Waals surface area contributed by atoms with Gasteiger partial charge in [0.15, 0.2) is 0 Å². The maximum absolute atomic E-state index is 13.6. The molecular weight excluding hydrogens is 315 g/mol. The van der Waals surface area contributed by atoms with Crippen LogP contribution in [0.4, 0.5) is 4.39 Å². The van der Waals surface area contributed by atoms with E-state index < -0.39 is 0 Å². The van der Waals surface area contributed by atoms with E-state index in [4.69, 9.17) is 0 Å². The van der Waals surface area contributed by atoms with E-state index in [0.29, 0.717) is 17.7 Å². The predicted molar refractivity (Wildman–Crippen MR) is 97.0 cm³/mol. The molecule has 0 atom stereocenters. The van der Waals surface area contributed by atoms with E-state index in [0.717, 1.165) is 12.1 Å². The number of carbonyl (C=O) groups excluding carboxylic acids is 1. The van der Waals surface area contributed by atoms with Crippen molar-refractivity contribution < 1.29 is 14.1 Å². The van der Waals surface area contributed by atoms with Crippen LogP contribution < -0.4 is 10.2 Å². The molecule has 1 fully saturated rings. The fraction of sp³-hybridized carbons (Fsp3) is 0.381. The number of amides is 1. The molecular formula is C21H26FN2O+. The summed E-state index contributed by atoms with van der Waals surface area (Å²) in [5, 5.41) is 2.85. The van der Waals surface area contributed by atoms with Crippen LogP contribution in [0.3, 0.4) is 0 Å². The lowest BCUT2D eigenvalue weighted by Gasteiger charge is -2.23. The summed E-state index contributed by atoms with van der Waals surface area (Å²) in [4.78, 5) is 13.8. The molecule has 3 rings (SSSR count). The van der Waals surface area contributed by atoms with Gasteiger partial charge in [-0.1, -0.05) is 30.3 Å². The van der Waals surface area contributed by atoms with Crippen LogP contribution >= 0.6 is 0 Å². The molecule has 0 spiro atoms. The summed E-state index contributed by atoms with van der Waals surface area (Å²) >= 11 is 0. The first-order chi connectivity index (χ1) is 12.1. The molecule has 4 heteroatoms. The van der Waals surface area contributed by atoms with Gasteiger partial charge in [-0.25, -0.2) is 4.39 Å². The Hall–Kier alpha value is -2.20. The van der Waals surface area contributed by atoms with Gasteiger partial charge in [-0.05, 0) is 49.4 Å². The maximum Gasteiger partial charge on any atom is 0.251 e. The number of hydrogen-bond donors (Lipinski definition) is 2. The highest BCUT2D eigenvalue weighted by molar-refractivity contribution is 5.94. The maximum atomic E-state index is 13.6. The molecule has 0 aliphatic carbocycles. The molecule has 1 aliphatic heterocycles. The number of quaternary nitrogens is 1.